The fourth-order valence-electron chi connectivity index (χ4n) is 0.947. The van der Waals surface area contributed by atoms with Gasteiger partial charge in [0.25, 0.3) is 0 Å². The zero-order chi connectivity index (χ0) is 8.27. The van der Waals surface area contributed by atoms with Crippen molar-refractivity contribution in [3.8, 4) is 0 Å². The summed E-state index contributed by atoms with van der Waals surface area (Å²) in [7, 11) is 0. The molecule has 1 atom stereocenters. The maximum atomic E-state index is 10.9. The van der Waals surface area contributed by atoms with Gasteiger partial charge in [-0.3, -0.25) is 14.9 Å². The zero-order valence-electron chi connectivity index (χ0n) is 5.89. The van der Waals surface area contributed by atoms with Crippen LogP contribution in [-0.2, 0) is 9.59 Å². The predicted molar refractivity (Wildman–Crippen MR) is 40.3 cm³/mol. The Labute approximate surface area is 69.3 Å². The van der Waals surface area contributed by atoms with Gasteiger partial charge in [-0.05, 0) is 0 Å². The first-order valence-electron chi connectivity index (χ1n) is 3.37. The molecule has 1 heterocycles. The van der Waals surface area contributed by atoms with E-state index in [1.54, 1.807) is 0 Å². The lowest BCUT2D eigenvalue weighted by atomic mass is 10.2. The molecule has 0 aromatic rings. The van der Waals surface area contributed by atoms with Gasteiger partial charge >= 0.3 is 0 Å². The Kier molecular flexibility index (Phi) is 2.84. The first-order chi connectivity index (χ1) is 5.24. The fourth-order valence-corrected chi connectivity index (χ4v) is 1.06. The number of carbonyl (C=O) groups excluding carboxylic acids is 2. The number of hydrogen-bond acceptors (Lipinski definition) is 3. The topological polar surface area (TPSA) is 58.2 Å². The van der Waals surface area contributed by atoms with Gasteiger partial charge in [-0.15, -0.1) is 11.6 Å². The van der Waals surface area contributed by atoms with Gasteiger partial charge < -0.3 is 5.32 Å². The summed E-state index contributed by atoms with van der Waals surface area (Å²) < 4.78 is 0. The summed E-state index contributed by atoms with van der Waals surface area (Å²) >= 11 is 5.38. The van der Waals surface area contributed by atoms with Crippen LogP contribution in [0.1, 0.15) is 6.42 Å². The minimum Gasteiger partial charge on any atom is -0.304 e. The first-order valence-corrected chi connectivity index (χ1v) is 3.90. The van der Waals surface area contributed by atoms with Gasteiger partial charge in [0, 0.05) is 12.4 Å². The van der Waals surface area contributed by atoms with Gasteiger partial charge in [-0.2, -0.15) is 0 Å². The second-order valence-corrected chi connectivity index (χ2v) is 2.69. The smallest absolute Gasteiger partial charge is 0.244 e. The molecule has 1 saturated heterocycles. The van der Waals surface area contributed by atoms with Crippen LogP contribution in [0, 0.1) is 0 Å². The van der Waals surface area contributed by atoms with E-state index < -0.39 is 0 Å². The standard InChI is InChI=1S/C6H9ClN2O2/c7-1-2-8-4-3-5(10)9-6(4)11/h4,8H,1-3H2,(H,9,10,11). The molecule has 1 fully saturated rings. The van der Waals surface area contributed by atoms with Crippen molar-refractivity contribution < 1.29 is 9.59 Å². The molecule has 0 aromatic carbocycles. The molecule has 2 N–H and O–H groups in total. The summed E-state index contributed by atoms with van der Waals surface area (Å²) in [4.78, 5) is 21.5. The molecule has 5 heteroatoms. The van der Waals surface area contributed by atoms with Crippen molar-refractivity contribution in [3.63, 3.8) is 0 Å². The van der Waals surface area contributed by atoms with Crippen LogP contribution in [0.4, 0.5) is 0 Å². The normalized spacial score (nSPS) is 23.9. The molecule has 0 aliphatic carbocycles. The highest BCUT2D eigenvalue weighted by atomic mass is 35.5. The fraction of sp³-hybridized carbons (Fsp3) is 0.667. The molecule has 0 spiro atoms. The number of carbonyl (C=O) groups is 2. The van der Waals surface area contributed by atoms with E-state index in [-0.39, 0.29) is 24.3 Å². The minimum atomic E-state index is -0.374. The van der Waals surface area contributed by atoms with Crippen LogP contribution in [-0.4, -0.2) is 30.3 Å². The molecule has 0 aromatic heterocycles. The summed E-state index contributed by atoms with van der Waals surface area (Å²) in [6, 6.07) is -0.374. The Morgan fingerprint density at radius 1 is 1.64 bits per heavy atom. The zero-order valence-corrected chi connectivity index (χ0v) is 6.65. The van der Waals surface area contributed by atoms with E-state index in [2.05, 4.69) is 10.6 Å². The van der Waals surface area contributed by atoms with Crippen molar-refractivity contribution in [3.05, 3.63) is 0 Å². The maximum absolute atomic E-state index is 10.9. The second kappa shape index (κ2) is 3.69. The minimum absolute atomic E-state index is 0.220. The Morgan fingerprint density at radius 2 is 2.36 bits per heavy atom. The quantitative estimate of drug-likeness (QED) is 0.439. The molecule has 1 aliphatic rings. The Morgan fingerprint density at radius 3 is 2.82 bits per heavy atom. The summed E-state index contributed by atoms with van der Waals surface area (Å²) in [5, 5.41) is 5.04. The molecule has 1 unspecified atom stereocenters. The highest BCUT2D eigenvalue weighted by molar-refractivity contribution is 6.18. The van der Waals surface area contributed by atoms with Crippen LogP contribution < -0.4 is 10.6 Å². The highest BCUT2D eigenvalue weighted by Gasteiger charge is 2.29. The van der Waals surface area contributed by atoms with Gasteiger partial charge in [0.05, 0.1) is 12.5 Å². The average Bonchev–Trinajstić information content (AvgIpc) is 2.26. The number of halogens is 1. The van der Waals surface area contributed by atoms with E-state index in [1.165, 1.54) is 0 Å². The van der Waals surface area contributed by atoms with Crippen molar-refractivity contribution in [2.24, 2.45) is 0 Å². The molecule has 4 nitrogen and oxygen atoms in total. The van der Waals surface area contributed by atoms with Gasteiger partial charge in [0.1, 0.15) is 0 Å². The third-order valence-corrected chi connectivity index (χ3v) is 1.64. The summed E-state index contributed by atoms with van der Waals surface area (Å²) in [5.41, 5.74) is 0. The van der Waals surface area contributed by atoms with Crippen LogP contribution >= 0.6 is 11.6 Å². The summed E-state index contributed by atoms with van der Waals surface area (Å²) in [6.07, 6.45) is 0.232. The molecule has 62 valence electrons. The molecule has 11 heavy (non-hydrogen) atoms. The Hall–Kier alpha value is -0.610. The number of alkyl halides is 1. The molecule has 0 bridgehead atoms. The van der Waals surface area contributed by atoms with Crippen LogP contribution in [0.2, 0.25) is 0 Å². The second-order valence-electron chi connectivity index (χ2n) is 2.31. The van der Waals surface area contributed by atoms with E-state index in [1.807, 2.05) is 0 Å². The summed E-state index contributed by atoms with van der Waals surface area (Å²) in [6.45, 7) is 0.549. The van der Waals surface area contributed by atoms with Gasteiger partial charge in [-0.1, -0.05) is 0 Å². The third-order valence-electron chi connectivity index (χ3n) is 1.45. The van der Waals surface area contributed by atoms with E-state index >= 15 is 0 Å². The lowest BCUT2D eigenvalue weighted by Crippen LogP contribution is -2.37. The summed E-state index contributed by atoms with van der Waals surface area (Å²) in [5.74, 6) is -0.0278. The number of amides is 2. The predicted octanol–water partition coefficient (Wildman–Crippen LogP) is -0.770. The molecular formula is C6H9ClN2O2. The van der Waals surface area contributed by atoms with E-state index in [4.69, 9.17) is 11.6 Å². The van der Waals surface area contributed by atoms with E-state index in [0.29, 0.717) is 12.4 Å². The number of nitrogens with one attached hydrogen (secondary N) is 2. The van der Waals surface area contributed by atoms with Crippen LogP contribution in [0.3, 0.4) is 0 Å². The first kappa shape index (κ1) is 8.49. The number of imide groups is 1. The molecule has 1 aliphatic heterocycles. The van der Waals surface area contributed by atoms with Crippen LogP contribution in [0.25, 0.3) is 0 Å². The molecule has 0 radical (unpaired) electrons. The lowest BCUT2D eigenvalue weighted by molar-refractivity contribution is -0.125. The third kappa shape index (κ3) is 2.17. The lowest BCUT2D eigenvalue weighted by Gasteiger charge is -2.05. The van der Waals surface area contributed by atoms with Crippen molar-refractivity contribution in [2.75, 3.05) is 12.4 Å². The van der Waals surface area contributed by atoms with E-state index in [9.17, 15) is 9.59 Å². The monoisotopic (exact) mass is 176 g/mol. The van der Waals surface area contributed by atoms with Crippen molar-refractivity contribution in [2.45, 2.75) is 12.5 Å². The van der Waals surface area contributed by atoms with E-state index in [0.717, 1.165) is 0 Å². The molecule has 0 saturated carbocycles. The molecule has 2 amide bonds. The van der Waals surface area contributed by atoms with Gasteiger partial charge in [0.2, 0.25) is 11.8 Å². The largest absolute Gasteiger partial charge is 0.304 e. The SMILES string of the molecule is O=C1CC(NCCCl)C(=O)N1. The molecular weight excluding hydrogens is 168 g/mol. The van der Waals surface area contributed by atoms with Crippen LogP contribution in [0.15, 0.2) is 0 Å². The van der Waals surface area contributed by atoms with Gasteiger partial charge in [0.15, 0.2) is 0 Å². The van der Waals surface area contributed by atoms with Crippen molar-refractivity contribution >= 4 is 23.4 Å². The number of hydrogen-bond donors (Lipinski definition) is 2. The van der Waals surface area contributed by atoms with Crippen molar-refractivity contribution in [1.82, 2.24) is 10.6 Å². The highest BCUT2D eigenvalue weighted by Crippen LogP contribution is 2.00. The van der Waals surface area contributed by atoms with Gasteiger partial charge in [-0.25, -0.2) is 0 Å². The average molecular weight is 177 g/mol. The molecule has 1 rings (SSSR count). The Bertz CT molecular complexity index is 183. The van der Waals surface area contributed by atoms with Crippen molar-refractivity contribution in [1.29, 1.82) is 0 Å². The maximum Gasteiger partial charge on any atom is 0.244 e. The number of rotatable bonds is 3. The Balaban J connectivity index is 2.34. The van der Waals surface area contributed by atoms with Crippen LogP contribution in [0.5, 0.6) is 0 Å².